The summed E-state index contributed by atoms with van der Waals surface area (Å²) in [5, 5.41) is 162. The van der Waals surface area contributed by atoms with Crippen LogP contribution in [0.1, 0.15) is 99.3 Å². The second-order valence-corrected chi connectivity index (χ2v) is 26.1. The van der Waals surface area contributed by atoms with Gasteiger partial charge in [0.2, 0.25) is 0 Å². The Bertz CT molecular complexity index is 2280. The number of allylic oxidation sites excluding steroid dienone is 1. The van der Waals surface area contributed by atoms with Crippen LogP contribution < -0.4 is 0 Å². The summed E-state index contributed by atoms with van der Waals surface area (Å²) in [4.78, 5) is 27.1. The molecular formula is C57H92O28. The largest absolute Gasteiger partial charge is 0.454 e. The Balaban J connectivity index is 0.877. The molecule has 28 heteroatoms. The summed E-state index contributed by atoms with van der Waals surface area (Å²) in [7, 11) is 0. The Morgan fingerprint density at radius 2 is 1.21 bits per heavy atom. The molecule has 0 bridgehead atoms. The van der Waals surface area contributed by atoms with Crippen molar-refractivity contribution in [3.05, 3.63) is 11.6 Å². The third-order valence-corrected chi connectivity index (χ3v) is 20.6. The number of hydrogen-bond acceptors (Lipinski definition) is 28. The van der Waals surface area contributed by atoms with Gasteiger partial charge in [0.15, 0.2) is 37.6 Å². The lowest BCUT2D eigenvalue weighted by Gasteiger charge is -2.59. The van der Waals surface area contributed by atoms with Gasteiger partial charge in [-0.25, -0.2) is 0 Å². The number of carbonyl (C=O) groups is 2. The number of ketones is 1. The van der Waals surface area contributed by atoms with E-state index in [2.05, 4.69) is 13.0 Å². The molecule has 0 amide bonds. The van der Waals surface area contributed by atoms with Crippen molar-refractivity contribution in [2.75, 3.05) is 33.0 Å². The molecule has 15 N–H and O–H groups in total. The van der Waals surface area contributed by atoms with E-state index < -0.39 is 209 Å². The van der Waals surface area contributed by atoms with Gasteiger partial charge < -0.3 is 129 Å². The minimum atomic E-state index is -1.90. The van der Waals surface area contributed by atoms with Crippen molar-refractivity contribution in [1.82, 2.24) is 0 Å². The van der Waals surface area contributed by atoms with Crippen molar-refractivity contribution < 1.29 is 138 Å². The van der Waals surface area contributed by atoms with Crippen LogP contribution in [0.3, 0.4) is 0 Å². The second-order valence-electron chi connectivity index (χ2n) is 26.1. The van der Waals surface area contributed by atoms with Gasteiger partial charge in [-0.05, 0) is 80.5 Å². The fourth-order valence-corrected chi connectivity index (χ4v) is 15.4. The molecule has 0 radical (unpaired) electrons. The predicted octanol–water partition coefficient (Wildman–Crippen LogP) is -4.38. The van der Waals surface area contributed by atoms with Crippen molar-refractivity contribution in [3.63, 3.8) is 0 Å². The van der Waals surface area contributed by atoms with Gasteiger partial charge in [-0.1, -0.05) is 46.3 Å². The molecule has 3 saturated carbocycles. The first-order valence-electron chi connectivity index (χ1n) is 30.0. The number of hydrogen-bond donors (Lipinski definition) is 15. The van der Waals surface area contributed by atoms with Crippen LogP contribution in [0, 0.1) is 40.4 Å². The summed E-state index contributed by atoms with van der Waals surface area (Å²) < 4.78 is 65.0. The topological polar surface area (TPSA) is 439 Å². The number of fused-ring (bicyclic) bond motifs is 5. The SMILES string of the molecule is CC(=O)OC1C(OC2CC3C4CC=C5CC(OC6OC(COC7OC(CO)C(OC8OC(CO)C(O)C(O)C8O)C(O)C7O)C(O)C(O)C6O)CCC5(C)C4CCC3(C)C2(O)C(C)C(=O)CCC(C)C)OCC(O)C1OC1OCC(O)C(O)C1O. The highest BCUT2D eigenvalue weighted by molar-refractivity contribution is 5.82. The summed E-state index contributed by atoms with van der Waals surface area (Å²) in [5.41, 5.74) is -1.97. The molecule has 0 aromatic carbocycles. The van der Waals surface area contributed by atoms with E-state index in [9.17, 15) is 86.2 Å². The zero-order chi connectivity index (χ0) is 61.9. The molecule has 85 heavy (non-hydrogen) atoms. The molecule has 8 fully saturated rings. The third kappa shape index (κ3) is 12.8. The second kappa shape index (κ2) is 27.0. The standard InChI is InChI=1S/C57H92O28/c1-22(2)7-10-30(61)23(3)57(74)36(83-54-49(78-24(4)60)47(32(63)20-76-54)84-51-43(70)37(64)31(62)19-75-51)16-29-27-9-8-25-15-26(11-13-55(25,5)28(27)12-14-56(29,57)6)79-52-44(71)41(68)39(66)35(82-52)21-77-50-46(73)42(69)48(34(18-59)81-50)85-53-45(72)40(67)38(65)33(17-58)80-53/h8,22-23,26-29,31-54,58-59,62-74H,7,9-21H2,1-6H3. The van der Waals surface area contributed by atoms with Crippen LogP contribution in [0.25, 0.3) is 0 Å². The first-order chi connectivity index (χ1) is 40.1. The van der Waals surface area contributed by atoms with Gasteiger partial charge in [0.05, 0.1) is 45.2 Å². The molecule has 0 aromatic heterocycles. The lowest BCUT2D eigenvalue weighted by molar-refractivity contribution is -0.365. The fourth-order valence-electron chi connectivity index (χ4n) is 15.4. The van der Waals surface area contributed by atoms with Crippen molar-refractivity contribution in [1.29, 1.82) is 0 Å². The molecule has 488 valence electrons. The molecule has 32 unspecified atom stereocenters. The zero-order valence-corrected chi connectivity index (χ0v) is 48.8. The molecule has 32 atom stereocenters. The van der Waals surface area contributed by atoms with Gasteiger partial charge in [-0.15, -0.1) is 0 Å². The summed E-state index contributed by atoms with van der Waals surface area (Å²) >= 11 is 0. The van der Waals surface area contributed by atoms with Gasteiger partial charge in [-0.2, -0.15) is 0 Å². The Morgan fingerprint density at radius 1 is 0.624 bits per heavy atom. The highest BCUT2D eigenvalue weighted by Crippen LogP contribution is 2.69. The molecule has 28 nitrogen and oxygen atoms in total. The van der Waals surface area contributed by atoms with E-state index in [1.807, 2.05) is 20.8 Å². The average molecular weight is 1230 g/mol. The number of esters is 1. The normalized spacial score (nSPS) is 50.6. The van der Waals surface area contributed by atoms with Crippen molar-refractivity contribution in [3.8, 4) is 0 Å². The Kier molecular flexibility index (Phi) is 21.4. The average Bonchev–Trinajstić information content (AvgIpc) is 1.63. The monoisotopic (exact) mass is 1220 g/mol. The molecule has 9 rings (SSSR count). The van der Waals surface area contributed by atoms with Crippen LogP contribution in [0.2, 0.25) is 0 Å². The summed E-state index contributed by atoms with van der Waals surface area (Å²) in [6.07, 6.45) is -32.6. The van der Waals surface area contributed by atoms with E-state index >= 15 is 0 Å². The quantitative estimate of drug-likeness (QED) is 0.0429. The Morgan fingerprint density at radius 3 is 1.87 bits per heavy atom. The van der Waals surface area contributed by atoms with Crippen molar-refractivity contribution >= 4 is 11.8 Å². The first-order valence-corrected chi connectivity index (χ1v) is 30.0. The van der Waals surface area contributed by atoms with Gasteiger partial charge in [0, 0.05) is 24.7 Å². The van der Waals surface area contributed by atoms with E-state index in [1.54, 1.807) is 6.92 Å². The number of rotatable bonds is 19. The highest BCUT2D eigenvalue weighted by Gasteiger charge is 2.71. The van der Waals surface area contributed by atoms with Crippen LogP contribution in [0.4, 0.5) is 0 Å². The zero-order valence-electron chi connectivity index (χ0n) is 48.8. The molecule has 4 aliphatic carbocycles. The first kappa shape index (κ1) is 67.3. The van der Waals surface area contributed by atoms with E-state index in [0.29, 0.717) is 44.9 Å². The highest BCUT2D eigenvalue weighted by atomic mass is 16.8. The van der Waals surface area contributed by atoms with Crippen molar-refractivity contribution in [2.45, 2.75) is 258 Å². The third-order valence-electron chi connectivity index (χ3n) is 20.6. The van der Waals surface area contributed by atoms with E-state index in [-0.39, 0.29) is 47.7 Å². The smallest absolute Gasteiger partial charge is 0.303 e. The minimum absolute atomic E-state index is 0.0218. The Hall–Kier alpha value is -2.12. The lowest BCUT2D eigenvalue weighted by Crippen LogP contribution is -2.65. The summed E-state index contributed by atoms with van der Waals surface area (Å²) in [6.45, 7) is 8.10. The van der Waals surface area contributed by atoms with E-state index in [4.69, 9.17) is 52.1 Å². The van der Waals surface area contributed by atoms with Crippen LogP contribution in [-0.4, -0.2) is 281 Å². The van der Waals surface area contributed by atoms with E-state index in [1.165, 1.54) is 0 Å². The number of aliphatic hydroxyl groups excluding tert-OH is 14. The number of carbonyl (C=O) groups excluding carboxylic acids is 2. The molecule has 5 aliphatic heterocycles. The van der Waals surface area contributed by atoms with Gasteiger partial charge in [0.1, 0.15) is 115 Å². The van der Waals surface area contributed by atoms with Crippen LogP contribution in [-0.2, 0) is 61.7 Å². The molecular weight excluding hydrogens is 1130 g/mol. The van der Waals surface area contributed by atoms with Crippen LogP contribution >= 0.6 is 0 Å². The number of ether oxygens (including phenoxy) is 11. The molecule has 5 heterocycles. The number of Topliss-reactive ketones (excluding diaryl/α,β-unsaturated/α-hetero) is 1. The molecule has 5 saturated heterocycles. The van der Waals surface area contributed by atoms with Gasteiger partial charge >= 0.3 is 5.97 Å². The van der Waals surface area contributed by atoms with Crippen LogP contribution in [0.5, 0.6) is 0 Å². The maximum absolute atomic E-state index is 14.3. The maximum atomic E-state index is 14.3. The van der Waals surface area contributed by atoms with E-state index in [0.717, 1.165) is 12.5 Å². The van der Waals surface area contributed by atoms with Crippen LogP contribution in [0.15, 0.2) is 11.6 Å². The molecule has 0 spiro atoms. The summed E-state index contributed by atoms with van der Waals surface area (Å²) in [5.74, 6) is -1.83. The Labute approximate surface area is 492 Å². The van der Waals surface area contributed by atoms with Gasteiger partial charge in [-0.3, -0.25) is 9.59 Å². The minimum Gasteiger partial charge on any atom is -0.454 e. The maximum Gasteiger partial charge on any atom is 0.303 e. The number of aliphatic hydroxyl groups is 15. The van der Waals surface area contributed by atoms with Crippen molar-refractivity contribution in [2.24, 2.45) is 40.4 Å². The molecule has 0 aromatic rings. The van der Waals surface area contributed by atoms with Gasteiger partial charge in [0.25, 0.3) is 0 Å². The summed E-state index contributed by atoms with van der Waals surface area (Å²) in [6, 6.07) is 0. The lowest BCUT2D eigenvalue weighted by atomic mass is 9.46. The molecule has 9 aliphatic rings. The fraction of sp³-hybridized carbons (Fsp3) is 0.930. The predicted molar refractivity (Wildman–Crippen MR) is 283 cm³/mol.